The molecule has 2 rings (SSSR count). The van der Waals surface area contributed by atoms with E-state index in [0.29, 0.717) is 18.4 Å². The topological polar surface area (TPSA) is 55.6 Å². The Balaban J connectivity index is 2.15. The van der Waals surface area contributed by atoms with E-state index in [0.717, 1.165) is 23.5 Å². The number of anilines is 2. The van der Waals surface area contributed by atoms with Crippen LogP contribution in [0.5, 0.6) is 0 Å². The van der Waals surface area contributed by atoms with Crippen molar-refractivity contribution < 1.29 is 9.53 Å². The summed E-state index contributed by atoms with van der Waals surface area (Å²) in [4.78, 5) is 14.7. The molecule has 1 aromatic carbocycles. The maximum absolute atomic E-state index is 12.2. The molecule has 0 spiro atoms. The zero-order chi connectivity index (χ0) is 20.9. The Morgan fingerprint density at radius 1 is 1.18 bits per heavy atom. The molecule has 1 aliphatic rings. The van der Waals surface area contributed by atoms with Crippen LogP contribution < -0.4 is 10.6 Å². The molecule has 4 nitrogen and oxygen atoms in total. The molecule has 2 N–H and O–H groups in total. The van der Waals surface area contributed by atoms with E-state index in [-0.39, 0.29) is 11.9 Å². The highest BCUT2D eigenvalue weighted by molar-refractivity contribution is 5.72. The van der Waals surface area contributed by atoms with Gasteiger partial charge in [-0.15, -0.1) is 0 Å². The first-order valence-corrected chi connectivity index (χ1v) is 10.9. The molecule has 0 saturated heterocycles. The maximum atomic E-state index is 12.2. The first-order chi connectivity index (χ1) is 13.1. The van der Waals surface area contributed by atoms with Crippen LogP contribution in [0.3, 0.4) is 0 Å². The Bertz CT molecular complexity index is 642. The molecule has 1 saturated carbocycles. The highest BCUT2D eigenvalue weighted by Gasteiger charge is 2.24. The van der Waals surface area contributed by atoms with Gasteiger partial charge < -0.3 is 15.4 Å². The third-order valence-corrected chi connectivity index (χ3v) is 5.40. The lowest BCUT2D eigenvalue weighted by Crippen LogP contribution is -2.39. The average Bonchev–Trinajstić information content (AvgIpc) is 2.58. The fourth-order valence-electron chi connectivity index (χ4n) is 4.12. The molecule has 28 heavy (non-hydrogen) atoms. The number of hydrogen-bond acceptors (Lipinski definition) is 4. The van der Waals surface area contributed by atoms with Gasteiger partial charge in [0, 0.05) is 12.6 Å². The molecule has 0 heterocycles. The Morgan fingerprint density at radius 2 is 1.82 bits per heavy atom. The summed E-state index contributed by atoms with van der Waals surface area (Å²) in [6.45, 7) is 13.3. The van der Waals surface area contributed by atoms with Crippen molar-refractivity contribution in [3.05, 3.63) is 23.8 Å². The summed E-state index contributed by atoms with van der Waals surface area (Å²) in [6.07, 6.45) is 6.84. The van der Waals surface area contributed by atoms with Crippen LogP contribution in [0.15, 0.2) is 18.2 Å². The van der Waals surface area contributed by atoms with Crippen LogP contribution in [-0.4, -0.2) is 24.2 Å². The summed E-state index contributed by atoms with van der Waals surface area (Å²) in [5.74, 6) is 0.512. The first kappa shape index (κ1) is 22.6. The second kappa shape index (κ2) is 9.67. The lowest BCUT2D eigenvalue weighted by Gasteiger charge is -2.38. The number of benzene rings is 1. The predicted molar refractivity (Wildman–Crippen MR) is 119 cm³/mol. The normalized spacial score (nSPS) is 16.8. The van der Waals surface area contributed by atoms with E-state index >= 15 is 0 Å². The second-order valence-electron chi connectivity index (χ2n) is 9.85. The van der Waals surface area contributed by atoms with Gasteiger partial charge in [-0.1, -0.05) is 46.1 Å². The van der Waals surface area contributed by atoms with Gasteiger partial charge in [0.15, 0.2) is 0 Å². The number of rotatable bonds is 7. The Morgan fingerprint density at radius 3 is 2.36 bits per heavy atom. The summed E-state index contributed by atoms with van der Waals surface area (Å²) >= 11 is 0. The zero-order valence-corrected chi connectivity index (χ0v) is 18.8. The van der Waals surface area contributed by atoms with Crippen LogP contribution in [0.2, 0.25) is 0 Å². The molecule has 0 radical (unpaired) electrons. The minimum Gasteiger partial charge on any atom is -0.460 e. The summed E-state index contributed by atoms with van der Waals surface area (Å²) in [7, 11) is 0. The van der Waals surface area contributed by atoms with Crippen LogP contribution in [-0.2, 0) is 9.53 Å². The van der Waals surface area contributed by atoms with Gasteiger partial charge in [0.1, 0.15) is 5.60 Å². The lowest BCUT2D eigenvalue weighted by atomic mass is 9.92. The molecule has 0 amide bonds. The summed E-state index contributed by atoms with van der Waals surface area (Å²) in [5, 5.41) is 0. The van der Waals surface area contributed by atoms with E-state index < -0.39 is 5.60 Å². The molecule has 0 unspecified atom stereocenters. The maximum Gasteiger partial charge on any atom is 0.306 e. The van der Waals surface area contributed by atoms with Crippen molar-refractivity contribution in [2.45, 2.75) is 97.6 Å². The fraction of sp³-hybridized carbons (Fsp3) is 0.708. The van der Waals surface area contributed by atoms with Crippen molar-refractivity contribution in [1.29, 1.82) is 0 Å². The second-order valence-corrected chi connectivity index (χ2v) is 9.85. The Hall–Kier alpha value is -1.71. The molecule has 0 aromatic heterocycles. The Kier molecular flexibility index (Phi) is 7.79. The van der Waals surface area contributed by atoms with Crippen LogP contribution >= 0.6 is 0 Å². The minimum absolute atomic E-state index is 0.0828. The molecule has 4 heteroatoms. The summed E-state index contributed by atoms with van der Waals surface area (Å²) < 4.78 is 5.47. The monoisotopic (exact) mass is 388 g/mol. The fourth-order valence-corrected chi connectivity index (χ4v) is 4.12. The van der Waals surface area contributed by atoms with E-state index in [1.54, 1.807) is 0 Å². The van der Waals surface area contributed by atoms with E-state index in [1.807, 2.05) is 20.8 Å². The minimum atomic E-state index is -0.447. The lowest BCUT2D eigenvalue weighted by molar-refractivity contribution is -0.155. The van der Waals surface area contributed by atoms with Gasteiger partial charge in [-0.3, -0.25) is 4.79 Å². The van der Waals surface area contributed by atoms with Gasteiger partial charge in [0.05, 0.1) is 17.8 Å². The first-order valence-electron chi connectivity index (χ1n) is 10.9. The molecule has 1 fully saturated rings. The third kappa shape index (κ3) is 6.72. The molecular formula is C24H40N2O2. The largest absolute Gasteiger partial charge is 0.460 e. The number of nitrogens with zero attached hydrogens (tertiary/aromatic N) is 1. The number of ether oxygens (including phenoxy) is 1. The average molecular weight is 389 g/mol. The molecule has 1 aromatic rings. The van der Waals surface area contributed by atoms with Gasteiger partial charge in [-0.05, 0) is 63.1 Å². The van der Waals surface area contributed by atoms with E-state index in [1.165, 1.54) is 32.1 Å². The van der Waals surface area contributed by atoms with E-state index in [9.17, 15) is 4.79 Å². The highest BCUT2D eigenvalue weighted by Crippen LogP contribution is 2.34. The van der Waals surface area contributed by atoms with Crippen molar-refractivity contribution in [3.8, 4) is 0 Å². The van der Waals surface area contributed by atoms with Gasteiger partial charge >= 0.3 is 5.97 Å². The van der Waals surface area contributed by atoms with Crippen molar-refractivity contribution in [1.82, 2.24) is 0 Å². The number of carbonyl (C=O) groups excluding carboxylic acids is 1. The van der Waals surface area contributed by atoms with Crippen molar-refractivity contribution in [2.75, 3.05) is 17.2 Å². The summed E-state index contributed by atoms with van der Waals surface area (Å²) in [6, 6.07) is 6.94. The van der Waals surface area contributed by atoms with E-state index in [2.05, 4.69) is 43.9 Å². The van der Waals surface area contributed by atoms with Crippen LogP contribution in [0, 0.1) is 5.92 Å². The van der Waals surface area contributed by atoms with Crippen LogP contribution in [0.1, 0.15) is 91.5 Å². The van der Waals surface area contributed by atoms with Gasteiger partial charge in [-0.25, -0.2) is 0 Å². The highest BCUT2D eigenvalue weighted by atomic mass is 16.6. The van der Waals surface area contributed by atoms with E-state index in [4.69, 9.17) is 10.5 Å². The standard InChI is InChI=1S/C24H40N2O2/c1-17(2)16-26(20-10-8-7-9-11-20)22-13-12-19(15-21(22)25)18(3)14-23(27)28-24(4,5)6/h12-13,15,17-18,20H,7-11,14,16,25H2,1-6H3/t18-/m1/s1. The van der Waals surface area contributed by atoms with Crippen molar-refractivity contribution in [2.24, 2.45) is 5.92 Å². The molecule has 0 aliphatic heterocycles. The quantitative estimate of drug-likeness (QED) is 0.467. The Labute approximate surface area is 171 Å². The number of esters is 1. The molecule has 1 atom stereocenters. The van der Waals surface area contributed by atoms with Crippen molar-refractivity contribution in [3.63, 3.8) is 0 Å². The van der Waals surface area contributed by atoms with Crippen molar-refractivity contribution >= 4 is 17.3 Å². The number of nitrogen functional groups attached to an aromatic ring is 1. The van der Waals surface area contributed by atoms with Crippen LogP contribution in [0.25, 0.3) is 0 Å². The van der Waals surface area contributed by atoms with Gasteiger partial charge in [0.25, 0.3) is 0 Å². The zero-order valence-electron chi connectivity index (χ0n) is 18.8. The number of hydrogen-bond donors (Lipinski definition) is 1. The number of carbonyl (C=O) groups is 1. The molecular weight excluding hydrogens is 348 g/mol. The molecule has 158 valence electrons. The summed E-state index contributed by atoms with van der Waals surface area (Å²) in [5.41, 5.74) is 9.13. The smallest absolute Gasteiger partial charge is 0.306 e. The third-order valence-electron chi connectivity index (χ3n) is 5.40. The molecule has 1 aliphatic carbocycles. The predicted octanol–water partition coefficient (Wildman–Crippen LogP) is 5.90. The molecule has 0 bridgehead atoms. The van der Waals surface area contributed by atoms with Gasteiger partial charge in [-0.2, -0.15) is 0 Å². The van der Waals surface area contributed by atoms with Gasteiger partial charge in [0.2, 0.25) is 0 Å². The SMILES string of the molecule is CC(C)CN(c1ccc([C@H](C)CC(=O)OC(C)(C)C)cc1N)C1CCCCC1. The van der Waals surface area contributed by atoms with Crippen LogP contribution in [0.4, 0.5) is 11.4 Å². The number of nitrogens with two attached hydrogens (primary N) is 1.